The maximum Gasteiger partial charge on any atom is 0.513 e. The van der Waals surface area contributed by atoms with E-state index in [1.54, 1.807) is 12.1 Å². The molecule has 4 nitrogen and oxygen atoms in total. The predicted octanol–water partition coefficient (Wildman–Crippen LogP) is 2.34. The van der Waals surface area contributed by atoms with Crippen molar-refractivity contribution in [3.8, 4) is 5.75 Å². The molecule has 1 unspecified atom stereocenters. The molecule has 1 fully saturated rings. The highest BCUT2D eigenvalue weighted by Gasteiger charge is 2.15. The Morgan fingerprint density at radius 3 is 2.82 bits per heavy atom. The second-order valence-corrected chi connectivity index (χ2v) is 4.12. The second kappa shape index (κ2) is 6.25. The van der Waals surface area contributed by atoms with Crippen molar-refractivity contribution in [1.29, 1.82) is 0 Å². The van der Waals surface area contributed by atoms with E-state index in [0.717, 1.165) is 13.0 Å². The van der Waals surface area contributed by atoms with E-state index in [-0.39, 0.29) is 6.04 Å². The molecule has 0 spiro atoms. The molecule has 1 saturated heterocycles. The maximum atomic E-state index is 11.4. The van der Waals surface area contributed by atoms with E-state index < -0.39 is 6.16 Å². The van der Waals surface area contributed by atoms with Crippen LogP contribution in [0.25, 0.3) is 0 Å². The summed E-state index contributed by atoms with van der Waals surface area (Å²) in [6.45, 7) is 1.38. The van der Waals surface area contributed by atoms with Crippen LogP contribution in [0.4, 0.5) is 4.79 Å². The summed E-state index contributed by atoms with van der Waals surface area (Å²) in [5.74, 6) is 0.508. The first-order valence-electron chi connectivity index (χ1n) is 5.97. The topological polar surface area (TPSA) is 47.6 Å². The third-order valence-electron chi connectivity index (χ3n) is 2.76. The number of carbonyl (C=O) groups excluding carboxylic acids is 1. The highest BCUT2D eigenvalue weighted by Crippen LogP contribution is 2.10. The van der Waals surface area contributed by atoms with Crippen LogP contribution in [-0.4, -0.2) is 25.3 Å². The van der Waals surface area contributed by atoms with Crippen LogP contribution in [0, 0.1) is 0 Å². The summed E-state index contributed by atoms with van der Waals surface area (Å²) in [6, 6.07) is 9.20. The molecule has 4 heteroatoms. The lowest BCUT2D eigenvalue weighted by Gasteiger charge is -2.22. The lowest BCUT2D eigenvalue weighted by atomic mass is 10.1. The molecule has 0 aliphatic carbocycles. The molecule has 0 amide bonds. The van der Waals surface area contributed by atoms with E-state index >= 15 is 0 Å². The first-order valence-corrected chi connectivity index (χ1v) is 5.97. The molecule has 1 heterocycles. The van der Waals surface area contributed by atoms with Gasteiger partial charge in [-0.2, -0.15) is 0 Å². The number of nitrogens with one attached hydrogen (secondary N) is 1. The van der Waals surface area contributed by atoms with Crippen LogP contribution in [0.15, 0.2) is 30.3 Å². The summed E-state index contributed by atoms with van der Waals surface area (Å²) < 4.78 is 10.1. The zero-order valence-electron chi connectivity index (χ0n) is 9.72. The Labute approximate surface area is 101 Å². The van der Waals surface area contributed by atoms with Crippen molar-refractivity contribution < 1.29 is 14.3 Å². The summed E-state index contributed by atoms with van der Waals surface area (Å²) in [5.41, 5.74) is 0. The normalized spacial score (nSPS) is 19.6. The van der Waals surface area contributed by atoms with Crippen LogP contribution >= 0.6 is 0 Å². The fourth-order valence-electron chi connectivity index (χ4n) is 1.85. The van der Waals surface area contributed by atoms with Gasteiger partial charge in [0.1, 0.15) is 12.4 Å². The average molecular weight is 235 g/mol. The van der Waals surface area contributed by atoms with E-state index in [4.69, 9.17) is 9.47 Å². The lowest BCUT2D eigenvalue weighted by Crippen LogP contribution is -2.38. The van der Waals surface area contributed by atoms with Gasteiger partial charge in [-0.1, -0.05) is 24.6 Å². The van der Waals surface area contributed by atoms with Crippen LogP contribution < -0.4 is 10.1 Å². The molecule has 0 radical (unpaired) electrons. The molecule has 1 aromatic rings. The molecular weight excluding hydrogens is 218 g/mol. The second-order valence-electron chi connectivity index (χ2n) is 4.12. The first kappa shape index (κ1) is 11.9. The van der Waals surface area contributed by atoms with Crippen LogP contribution in [-0.2, 0) is 4.74 Å². The molecule has 2 rings (SSSR count). The Hall–Kier alpha value is -1.55. The molecule has 92 valence electrons. The molecule has 0 saturated carbocycles. The molecular formula is C13H17NO3. The van der Waals surface area contributed by atoms with Crippen LogP contribution in [0.2, 0.25) is 0 Å². The van der Waals surface area contributed by atoms with Crippen molar-refractivity contribution in [2.45, 2.75) is 25.3 Å². The predicted molar refractivity (Wildman–Crippen MR) is 64.1 cm³/mol. The van der Waals surface area contributed by atoms with Crippen LogP contribution in [0.3, 0.4) is 0 Å². The average Bonchev–Trinajstić information content (AvgIpc) is 2.39. The maximum absolute atomic E-state index is 11.4. The molecule has 0 bridgehead atoms. The van der Waals surface area contributed by atoms with Crippen molar-refractivity contribution in [3.05, 3.63) is 30.3 Å². The number of carbonyl (C=O) groups is 1. The van der Waals surface area contributed by atoms with Gasteiger partial charge in [0, 0.05) is 6.04 Å². The number of hydrogen-bond acceptors (Lipinski definition) is 4. The van der Waals surface area contributed by atoms with Crippen molar-refractivity contribution in [2.75, 3.05) is 13.2 Å². The number of para-hydroxylation sites is 1. The van der Waals surface area contributed by atoms with E-state index in [1.807, 2.05) is 18.2 Å². The standard InChI is InChI=1S/C13H17NO3/c15-13(17-12-7-2-1-3-8-12)16-10-11-6-4-5-9-14-11/h1-3,7-8,11,14H,4-6,9-10H2. The van der Waals surface area contributed by atoms with Crippen LogP contribution in [0.1, 0.15) is 19.3 Å². The van der Waals surface area contributed by atoms with Gasteiger partial charge < -0.3 is 14.8 Å². The Kier molecular flexibility index (Phi) is 4.38. The summed E-state index contributed by atoms with van der Waals surface area (Å²) in [4.78, 5) is 11.4. The summed E-state index contributed by atoms with van der Waals surface area (Å²) >= 11 is 0. The largest absolute Gasteiger partial charge is 0.513 e. The lowest BCUT2D eigenvalue weighted by molar-refractivity contribution is 0.0859. The first-order chi connectivity index (χ1) is 8.34. The number of benzene rings is 1. The van der Waals surface area contributed by atoms with Gasteiger partial charge in [0.25, 0.3) is 0 Å². The highest BCUT2D eigenvalue weighted by atomic mass is 16.7. The van der Waals surface area contributed by atoms with Gasteiger partial charge >= 0.3 is 6.16 Å². The highest BCUT2D eigenvalue weighted by molar-refractivity contribution is 5.63. The molecule has 1 N–H and O–H groups in total. The molecule has 1 aromatic carbocycles. The van der Waals surface area contributed by atoms with Crippen molar-refractivity contribution >= 4 is 6.16 Å². The quantitative estimate of drug-likeness (QED) is 0.645. The minimum Gasteiger partial charge on any atom is -0.432 e. The van der Waals surface area contributed by atoms with E-state index in [1.165, 1.54) is 12.8 Å². The van der Waals surface area contributed by atoms with Gasteiger partial charge in [-0.3, -0.25) is 0 Å². The third kappa shape index (κ3) is 4.07. The summed E-state index contributed by atoms with van der Waals surface area (Å²) in [6.07, 6.45) is 2.81. The Morgan fingerprint density at radius 2 is 2.12 bits per heavy atom. The number of ether oxygens (including phenoxy) is 2. The molecule has 1 aliphatic rings. The van der Waals surface area contributed by atoms with Crippen LogP contribution in [0.5, 0.6) is 5.75 Å². The zero-order chi connectivity index (χ0) is 11.9. The summed E-state index contributed by atoms with van der Waals surface area (Å²) in [7, 11) is 0. The van der Waals surface area contributed by atoms with Gasteiger partial charge in [-0.25, -0.2) is 4.79 Å². The fraction of sp³-hybridized carbons (Fsp3) is 0.462. The Bertz CT molecular complexity index is 347. The molecule has 0 aromatic heterocycles. The van der Waals surface area contributed by atoms with Gasteiger partial charge in [-0.05, 0) is 31.5 Å². The van der Waals surface area contributed by atoms with Crippen molar-refractivity contribution in [2.24, 2.45) is 0 Å². The fourth-order valence-corrected chi connectivity index (χ4v) is 1.85. The minimum atomic E-state index is -0.636. The zero-order valence-corrected chi connectivity index (χ0v) is 9.72. The van der Waals surface area contributed by atoms with Gasteiger partial charge in [0.2, 0.25) is 0 Å². The summed E-state index contributed by atoms with van der Waals surface area (Å²) in [5, 5.41) is 3.31. The minimum absolute atomic E-state index is 0.270. The number of rotatable bonds is 3. The third-order valence-corrected chi connectivity index (χ3v) is 2.76. The molecule has 1 atom stereocenters. The van der Waals surface area contributed by atoms with Gasteiger partial charge in [-0.15, -0.1) is 0 Å². The SMILES string of the molecule is O=C(OCC1CCCCN1)Oc1ccccc1. The van der Waals surface area contributed by atoms with E-state index in [2.05, 4.69) is 5.32 Å². The van der Waals surface area contributed by atoms with Gasteiger partial charge in [0.15, 0.2) is 0 Å². The molecule has 1 aliphatic heterocycles. The smallest absolute Gasteiger partial charge is 0.432 e. The monoisotopic (exact) mass is 235 g/mol. The Morgan fingerprint density at radius 1 is 1.29 bits per heavy atom. The number of hydrogen-bond donors (Lipinski definition) is 1. The number of piperidine rings is 1. The van der Waals surface area contributed by atoms with Gasteiger partial charge in [0.05, 0.1) is 0 Å². The molecule has 17 heavy (non-hydrogen) atoms. The van der Waals surface area contributed by atoms with Crippen molar-refractivity contribution in [1.82, 2.24) is 5.32 Å². The van der Waals surface area contributed by atoms with E-state index in [9.17, 15) is 4.79 Å². The van der Waals surface area contributed by atoms with Crippen molar-refractivity contribution in [3.63, 3.8) is 0 Å². The Balaban J connectivity index is 1.70. The van der Waals surface area contributed by atoms with E-state index in [0.29, 0.717) is 12.4 Å².